The highest BCUT2D eigenvalue weighted by atomic mass is 19.1. The Hall–Kier alpha value is -2.20. The van der Waals surface area contributed by atoms with Gasteiger partial charge in [-0.2, -0.15) is 0 Å². The normalized spacial score (nSPS) is 17.3. The van der Waals surface area contributed by atoms with Crippen LogP contribution in [0.1, 0.15) is 34.7 Å². The van der Waals surface area contributed by atoms with Gasteiger partial charge in [0.25, 0.3) is 0 Å². The van der Waals surface area contributed by atoms with E-state index in [0.29, 0.717) is 18.5 Å². The van der Waals surface area contributed by atoms with Gasteiger partial charge in [0.1, 0.15) is 11.9 Å². The van der Waals surface area contributed by atoms with Gasteiger partial charge >= 0.3 is 0 Å². The van der Waals surface area contributed by atoms with Crippen LogP contribution in [-0.2, 0) is 24.1 Å². The summed E-state index contributed by atoms with van der Waals surface area (Å²) < 4.78 is 14.4. The van der Waals surface area contributed by atoms with Crippen molar-refractivity contribution < 1.29 is 9.18 Å². The molecular formula is C19H21FN2O. The molecule has 3 N–H and O–H groups in total. The van der Waals surface area contributed by atoms with Crippen molar-refractivity contribution in [1.29, 1.82) is 0 Å². The van der Waals surface area contributed by atoms with Gasteiger partial charge in [-0.1, -0.05) is 36.4 Å². The number of rotatable bonds is 4. The van der Waals surface area contributed by atoms with Crippen LogP contribution >= 0.6 is 0 Å². The van der Waals surface area contributed by atoms with Gasteiger partial charge in [-0.15, -0.1) is 0 Å². The summed E-state index contributed by atoms with van der Waals surface area (Å²) in [6, 6.07) is 12.9. The molecule has 1 amide bonds. The summed E-state index contributed by atoms with van der Waals surface area (Å²) >= 11 is 0. The maximum Gasteiger partial charge on any atom is 0.239 e. The van der Waals surface area contributed by atoms with E-state index in [2.05, 4.69) is 5.32 Å². The molecule has 1 aliphatic heterocycles. The number of nitrogens with two attached hydrogens (primary N) is 1. The molecular weight excluding hydrogens is 291 g/mol. The molecule has 0 saturated heterocycles. The number of benzene rings is 2. The van der Waals surface area contributed by atoms with Gasteiger partial charge in [0.15, 0.2) is 0 Å². The second-order valence-electron chi connectivity index (χ2n) is 6.02. The van der Waals surface area contributed by atoms with Crippen molar-refractivity contribution in [1.82, 2.24) is 5.32 Å². The summed E-state index contributed by atoms with van der Waals surface area (Å²) in [5, 5.41) is 3.16. The topological polar surface area (TPSA) is 55.1 Å². The van der Waals surface area contributed by atoms with Crippen LogP contribution in [0, 0.1) is 5.82 Å². The quantitative estimate of drug-likeness (QED) is 0.912. The first kappa shape index (κ1) is 15.7. The van der Waals surface area contributed by atoms with Gasteiger partial charge in [-0.25, -0.2) is 4.39 Å². The van der Waals surface area contributed by atoms with E-state index in [1.807, 2.05) is 36.4 Å². The number of carbonyl (C=O) groups excluding carboxylic acids is 1. The standard InChI is InChI=1S/C19H21FN2O/c20-17-12-14-7-4-10-22-18(19(21)23)16(14)11-15(17)9-8-13-5-2-1-3-6-13/h1-3,5-6,11-12,18,22H,4,7-10H2,(H2,21,23). The van der Waals surface area contributed by atoms with Gasteiger partial charge in [0.05, 0.1) is 0 Å². The SMILES string of the molecule is NC(=O)C1NCCCc2cc(F)c(CCc3ccccc3)cc21. The molecule has 1 heterocycles. The zero-order chi connectivity index (χ0) is 16.2. The van der Waals surface area contributed by atoms with Crippen LogP contribution in [0.3, 0.4) is 0 Å². The van der Waals surface area contributed by atoms with Gasteiger partial charge in [-0.3, -0.25) is 4.79 Å². The second kappa shape index (κ2) is 6.92. The Labute approximate surface area is 135 Å². The highest BCUT2D eigenvalue weighted by molar-refractivity contribution is 5.82. The molecule has 3 rings (SSSR count). The van der Waals surface area contributed by atoms with Gasteiger partial charge in [-0.05, 0) is 60.5 Å². The second-order valence-corrected chi connectivity index (χ2v) is 6.02. The number of hydrogen-bond acceptors (Lipinski definition) is 2. The third kappa shape index (κ3) is 3.59. The minimum Gasteiger partial charge on any atom is -0.368 e. The van der Waals surface area contributed by atoms with E-state index >= 15 is 0 Å². The maximum atomic E-state index is 14.4. The van der Waals surface area contributed by atoms with E-state index in [1.165, 1.54) is 5.56 Å². The lowest BCUT2D eigenvalue weighted by Gasteiger charge is -2.17. The minimum atomic E-state index is -0.524. The summed E-state index contributed by atoms with van der Waals surface area (Å²) in [6.45, 7) is 0.712. The Morgan fingerprint density at radius 1 is 1.22 bits per heavy atom. The van der Waals surface area contributed by atoms with Crippen LogP contribution < -0.4 is 11.1 Å². The van der Waals surface area contributed by atoms with Crippen LogP contribution in [0.15, 0.2) is 42.5 Å². The lowest BCUT2D eigenvalue weighted by Crippen LogP contribution is -2.33. The van der Waals surface area contributed by atoms with Crippen molar-refractivity contribution in [2.75, 3.05) is 6.54 Å². The molecule has 4 heteroatoms. The number of hydrogen-bond donors (Lipinski definition) is 2. The molecule has 0 radical (unpaired) electrons. The molecule has 23 heavy (non-hydrogen) atoms. The van der Waals surface area contributed by atoms with E-state index in [9.17, 15) is 9.18 Å². The van der Waals surface area contributed by atoms with E-state index in [-0.39, 0.29) is 5.82 Å². The van der Waals surface area contributed by atoms with Crippen molar-refractivity contribution in [3.05, 3.63) is 70.5 Å². The number of carbonyl (C=O) groups is 1. The van der Waals surface area contributed by atoms with E-state index < -0.39 is 11.9 Å². The molecule has 1 unspecified atom stereocenters. The Kier molecular flexibility index (Phi) is 4.72. The predicted molar refractivity (Wildman–Crippen MR) is 88.5 cm³/mol. The summed E-state index contributed by atoms with van der Waals surface area (Å²) in [6.07, 6.45) is 3.02. The maximum absolute atomic E-state index is 14.4. The lowest BCUT2D eigenvalue weighted by atomic mass is 9.93. The number of amides is 1. The third-order valence-corrected chi connectivity index (χ3v) is 4.40. The smallest absolute Gasteiger partial charge is 0.239 e. The van der Waals surface area contributed by atoms with Crippen molar-refractivity contribution >= 4 is 5.91 Å². The first-order valence-corrected chi connectivity index (χ1v) is 8.03. The van der Waals surface area contributed by atoms with E-state index in [1.54, 1.807) is 6.07 Å². The highest BCUT2D eigenvalue weighted by Gasteiger charge is 2.24. The Morgan fingerprint density at radius 2 is 2.00 bits per heavy atom. The average Bonchev–Trinajstić information content (AvgIpc) is 2.75. The minimum absolute atomic E-state index is 0.190. The van der Waals surface area contributed by atoms with Crippen molar-refractivity contribution in [2.45, 2.75) is 31.7 Å². The van der Waals surface area contributed by atoms with Crippen LogP contribution in [0.25, 0.3) is 0 Å². The fraction of sp³-hybridized carbons (Fsp3) is 0.316. The van der Waals surface area contributed by atoms with Crippen molar-refractivity contribution in [3.8, 4) is 0 Å². The zero-order valence-electron chi connectivity index (χ0n) is 13.0. The number of aryl methyl sites for hydroxylation is 3. The fourth-order valence-corrected chi connectivity index (χ4v) is 3.17. The Morgan fingerprint density at radius 3 is 2.74 bits per heavy atom. The van der Waals surface area contributed by atoms with Crippen molar-refractivity contribution in [2.24, 2.45) is 5.73 Å². The molecule has 2 aromatic rings. The highest BCUT2D eigenvalue weighted by Crippen LogP contribution is 2.26. The molecule has 1 aliphatic rings. The molecule has 2 aromatic carbocycles. The number of halogens is 1. The molecule has 1 atom stereocenters. The van der Waals surface area contributed by atoms with Crippen molar-refractivity contribution in [3.63, 3.8) is 0 Å². The average molecular weight is 312 g/mol. The largest absolute Gasteiger partial charge is 0.368 e. The molecule has 120 valence electrons. The van der Waals surface area contributed by atoms with Crippen LogP contribution in [0.5, 0.6) is 0 Å². The lowest BCUT2D eigenvalue weighted by molar-refractivity contribution is -0.120. The molecule has 0 bridgehead atoms. The van der Waals surface area contributed by atoms with Crippen LogP contribution in [0.4, 0.5) is 4.39 Å². The third-order valence-electron chi connectivity index (χ3n) is 4.40. The number of nitrogens with one attached hydrogen (secondary N) is 1. The number of primary amides is 1. The Bertz CT molecular complexity index is 700. The summed E-state index contributed by atoms with van der Waals surface area (Å²) in [7, 11) is 0. The van der Waals surface area contributed by atoms with E-state index in [4.69, 9.17) is 5.73 Å². The predicted octanol–water partition coefficient (Wildman–Crippen LogP) is 2.67. The molecule has 0 fully saturated rings. The Balaban J connectivity index is 1.88. The van der Waals surface area contributed by atoms with Crippen LogP contribution in [0.2, 0.25) is 0 Å². The van der Waals surface area contributed by atoms with Gasteiger partial charge in [0.2, 0.25) is 5.91 Å². The van der Waals surface area contributed by atoms with E-state index in [0.717, 1.165) is 30.4 Å². The monoisotopic (exact) mass is 312 g/mol. The summed E-state index contributed by atoms with van der Waals surface area (Å²) in [5.41, 5.74) is 9.04. The zero-order valence-corrected chi connectivity index (χ0v) is 13.0. The van der Waals surface area contributed by atoms with Gasteiger partial charge in [0, 0.05) is 0 Å². The summed E-state index contributed by atoms with van der Waals surface area (Å²) in [5.74, 6) is -0.599. The van der Waals surface area contributed by atoms with Gasteiger partial charge < -0.3 is 11.1 Å². The molecule has 0 aromatic heterocycles. The summed E-state index contributed by atoms with van der Waals surface area (Å²) in [4.78, 5) is 11.7. The molecule has 0 spiro atoms. The molecule has 0 saturated carbocycles. The first-order chi connectivity index (χ1) is 11.1. The number of fused-ring (bicyclic) bond motifs is 1. The van der Waals surface area contributed by atoms with Crippen LogP contribution in [-0.4, -0.2) is 12.5 Å². The molecule has 0 aliphatic carbocycles. The first-order valence-electron chi connectivity index (χ1n) is 8.03. The molecule has 3 nitrogen and oxygen atoms in total. The fourth-order valence-electron chi connectivity index (χ4n) is 3.17.